The Morgan fingerprint density at radius 3 is 2.93 bits per heavy atom. The van der Waals surface area contributed by atoms with Crippen molar-refractivity contribution in [1.82, 2.24) is 9.97 Å². The smallest absolute Gasteiger partial charge is 0.247 e. The first-order valence-corrected chi connectivity index (χ1v) is 10.9. The molecule has 0 saturated carbocycles. The molecular formula is C23H20N4O2S. The second-order valence-corrected chi connectivity index (χ2v) is 9.23. The zero-order valence-corrected chi connectivity index (χ0v) is 17.3. The highest BCUT2D eigenvalue weighted by Crippen LogP contribution is 2.37. The number of amides is 2. The van der Waals surface area contributed by atoms with Gasteiger partial charge in [0.15, 0.2) is 0 Å². The van der Waals surface area contributed by atoms with Crippen LogP contribution >= 0.6 is 11.8 Å². The minimum atomic E-state index is -0.572. The quantitative estimate of drug-likeness (QED) is 0.652. The molecule has 1 saturated heterocycles. The van der Waals surface area contributed by atoms with Gasteiger partial charge in [0, 0.05) is 23.8 Å². The van der Waals surface area contributed by atoms with Gasteiger partial charge in [-0.05, 0) is 60.4 Å². The molecule has 3 heterocycles. The molecule has 1 aromatic carbocycles. The van der Waals surface area contributed by atoms with E-state index in [2.05, 4.69) is 18.0 Å². The van der Waals surface area contributed by atoms with Crippen LogP contribution in [0.3, 0.4) is 0 Å². The minimum Gasteiger partial charge on any atom is -0.361 e. The van der Waals surface area contributed by atoms with Crippen LogP contribution in [0.4, 0.5) is 5.69 Å². The third-order valence-electron chi connectivity index (χ3n) is 5.87. The Hall–Kier alpha value is -3.11. The molecule has 1 N–H and O–H groups in total. The lowest BCUT2D eigenvalue weighted by Gasteiger charge is -2.22. The summed E-state index contributed by atoms with van der Waals surface area (Å²) >= 11 is 1.24. The largest absolute Gasteiger partial charge is 0.361 e. The summed E-state index contributed by atoms with van der Waals surface area (Å²) in [7, 11) is 0. The Bertz CT molecular complexity index is 1230. The lowest BCUT2D eigenvalue weighted by molar-refractivity contribution is -0.121. The predicted octanol–water partition coefficient (Wildman–Crippen LogP) is 3.98. The van der Waals surface area contributed by atoms with Gasteiger partial charge in [-0.2, -0.15) is 5.26 Å². The van der Waals surface area contributed by atoms with Crippen LogP contribution in [0.1, 0.15) is 36.6 Å². The number of thioether (sulfide) groups is 1. The van der Waals surface area contributed by atoms with E-state index < -0.39 is 5.25 Å². The molecule has 1 aliphatic heterocycles. The molecule has 150 valence electrons. The van der Waals surface area contributed by atoms with Crippen LogP contribution in [0.15, 0.2) is 41.6 Å². The molecule has 0 spiro atoms. The molecule has 0 radical (unpaired) electrons. The molecule has 2 unspecified atom stereocenters. The van der Waals surface area contributed by atoms with Gasteiger partial charge in [-0.3, -0.25) is 9.59 Å². The summed E-state index contributed by atoms with van der Waals surface area (Å²) in [5.41, 5.74) is 4.07. The minimum absolute atomic E-state index is 0.104. The second-order valence-electron chi connectivity index (χ2n) is 8.03. The number of nitriles is 1. The predicted molar refractivity (Wildman–Crippen MR) is 115 cm³/mol. The Kier molecular flexibility index (Phi) is 4.59. The van der Waals surface area contributed by atoms with E-state index in [1.807, 2.05) is 30.5 Å². The average Bonchev–Trinajstić information content (AvgIpc) is 3.31. The van der Waals surface area contributed by atoms with Crippen molar-refractivity contribution < 1.29 is 9.59 Å². The number of aryl methyl sites for hydroxylation is 1. The van der Waals surface area contributed by atoms with E-state index in [-0.39, 0.29) is 18.2 Å². The van der Waals surface area contributed by atoms with Crippen LogP contribution < -0.4 is 4.90 Å². The molecule has 6 nitrogen and oxygen atoms in total. The summed E-state index contributed by atoms with van der Waals surface area (Å²) in [4.78, 5) is 34.9. The number of aromatic amines is 1. The Balaban J connectivity index is 1.43. The van der Waals surface area contributed by atoms with Crippen molar-refractivity contribution in [1.29, 1.82) is 5.26 Å². The van der Waals surface area contributed by atoms with E-state index >= 15 is 0 Å². The van der Waals surface area contributed by atoms with Crippen molar-refractivity contribution in [2.24, 2.45) is 5.92 Å². The monoisotopic (exact) mass is 416 g/mol. The molecular weight excluding hydrogens is 396 g/mol. The van der Waals surface area contributed by atoms with E-state index in [0.717, 1.165) is 41.4 Å². The molecule has 0 bridgehead atoms. The maximum absolute atomic E-state index is 13.1. The number of hydrogen-bond acceptors (Lipinski definition) is 5. The molecule has 2 atom stereocenters. The molecule has 2 aromatic heterocycles. The zero-order valence-electron chi connectivity index (χ0n) is 16.5. The standard InChI is InChI=1S/C23H20N4O2S/c1-13-2-5-18-15(8-13)9-16(12-24)22(26-18)30-20-11-21(28)27(23(20)29)17-4-3-14-6-7-25-19(14)10-17/h3-4,6-7,9-10,13,20,25H,2,5,8,11H2,1H3. The molecule has 1 fully saturated rings. The fourth-order valence-electron chi connectivity index (χ4n) is 4.27. The summed E-state index contributed by atoms with van der Waals surface area (Å²) in [6, 6.07) is 11.6. The summed E-state index contributed by atoms with van der Waals surface area (Å²) in [6.45, 7) is 2.21. The van der Waals surface area contributed by atoms with Gasteiger partial charge in [-0.25, -0.2) is 9.88 Å². The lowest BCUT2D eigenvalue weighted by Crippen LogP contribution is -2.31. The van der Waals surface area contributed by atoms with Crippen molar-refractivity contribution in [2.45, 2.75) is 42.9 Å². The van der Waals surface area contributed by atoms with Crippen LogP contribution in [0.5, 0.6) is 0 Å². The topological polar surface area (TPSA) is 89.8 Å². The Labute approximate surface area is 178 Å². The van der Waals surface area contributed by atoms with Crippen molar-refractivity contribution in [2.75, 3.05) is 4.90 Å². The van der Waals surface area contributed by atoms with Crippen LogP contribution in [-0.4, -0.2) is 27.0 Å². The number of H-pyrrole nitrogens is 1. The van der Waals surface area contributed by atoms with Gasteiger partial charge in [-0.1, -0.05) is 24.8 Å². The first-order chi connectivity index (χ1) is 14.5. The Morgan fingerprint density at radius 1 is 1.23 bits per heavy atom. The van der Waals surface area contributed by atoms with Gasteiger partial charge >= 0.3 is 0 Å². The van der Waals surface area contributed by atoms with E-state index in [0.29, 0.717) is 22.2 Å². The molecule has 5 rings (SSSR count). The average molecular weight is 417 g/mol. The Morgan fingerprint density at radius 2 is 2.10 bits per heavy atom. The van der Waals surface area contributed by atoms with Gasteiger partial charge in [0.05, 0.1) is 16.5 Å². The van der Waals surface area contributed by atoms with Crippen LogP contribution in [0.25, 0.3) is 10.9 Å². The van der Waals surface area contributed by atoms with Gasteiger partial charge in [-0.15, -0.1) is 0 Å². The number of nitrogens with one attached hydrogen (secondary N) is 1. The fourth-order valence-corrected chi connectivity index (χ4v) is 5.37. The van der Waals surface area contributed by atoms with Crippen molar-refractivity contribution in [3.63, 3.8) is 0 Å². The van der Waals surface area contributed by atoms with Gasteiger partial charge in [0.2, 0.25) is 11.8 Å². The van der Waals surface area contributed by atoms with E-state index in [1.165, 1.54) is 16.7 Å². The highest BCUT2D eigenvalue weighted by atomic mass is 32.2. The molecule has 2 amide bonds. The molecule has 2 aliphatic rings. The number of carbonyl (C=O) groups is 2. The van der Waals surface area contributed by atoms with Crippen molar-refractivity contribution in [3.05, 3.63) is 53.3 Å². The third kappa shape index (κ3) is 3.17. The molecule has 1 aliphatic carbocycles. The second kappa shape index (κ2) is 7.29. The maximum Gasteiger partial charge on any atom is 0.247 e. The van der Waals surface area contributed by atoms with Gasteiger partial charge in [0.25, 0.3) is 0 Å². The zero-order chi connectivity index (χ0) is 20.8. The number of aromatic nitrogens is 2. The number of imide groups is 1. The van der Waals surface area contributed by atoms with E-state index in [9.17, 15) is 14.9 Å². The van der Waals surface area contributed by atoms with E-state index in [1.54, 1.807) is 6.07 Å². The molecule has 7 heteroatoms. The number of rotatable bonds is 3. The number of anilines is 1. The first-order valence-electron chi connectivity index (χ1n) is 10.1. The number of benzene rings is 1. The van der Waals surface area contributed by atoms with E-state index in [4.69, 9.17) is 4.98 Å². The summed E-state index contributed by atoms with van der Waals surface area (Å²) < 4.78 is 0. The van der Waals surface area contributed by atoms with Crippen molar-refractivity contribution in [3.8, 4) is 6.07 Å². The van der Waals surface area contributed by atoms with Crippen LogP contribution in [-0.2, 0) is 22.4 Å². The molecule has 3 aromatic rings. The van der Waals surface area contributed by atoms with Crippen LogP contribution in [0, 0.1) is 17.2 Å². The van der Waals surface area contributed by atoms with Gasteiger partial charge in [0.1, 0.15) is 11.1 Å². The highest BCUT2D eigenvalue weighted by molar-refractivity contribution is 8.00. The maximum atomic E-state index is 13.1. The number of hydrogen-bond donors (Lipinski definition) is 1. The third-order valence-corrected chi connectivity index (χ3v) is 7.06. The normalized spacial score (nSPS) is 21.1. The summed E-state index contributed by atoms with van der Waals surface area (Å²) in [6.07, 6.45) is 4.82. The highest BCUT2D eigenvalue weighted by Gasteiger charge is 2.41. The summed E-state index contributed by atoms with van der Waals surface area (Å²) in [5, 5.41) is 10.6. The lowest BCUT2D eigenvalue weighted by atomic mass is 9.87. The number of nitrogens with zero attached hydrogens (tertiary/aromatic N) is 3. The van der Waals surface area contributed by atoms with Crippen LogP contribution in [0.2, 0.25) is 0 Å². The first kappa shape index (κ1) is 18.9. The number of fused-ring (bicyclic) bond motifs is 2. The van der Waals surface area contributed by atoms with Crippen molar-refractivity contribution >= 4 is 40.2 Å². The number of carbonyl (C=O) groups excluding carboxylic acids is 2. The number of pyridine rings is 1. The van der Waals surface area contributed by atoms with Gasteiger partial charge < -0.3 is 4.98 Å². The summed E-state index contributed by atoms with van der Waals surface area (Å²) in [5.74, 6) is 0.102. The fraction of sp³-hybridized carbons (Fsp3) is 0.304. The molecule has 30 heavy (non-hydrogen) atoms. The SMILES string of the molecule is CC1CCc2nc(SC3CC(=O)N(c4ccc5cc[nH]c5c4)C3=O)c(C#N)cc2C1.